The van der Waals surface area contributed by atoms with Gasteiger partial charge in [0.2, 0.25) is 5.76 Å². The average molecular weight is 369 g/mol. The highest BCUT2D eigenvalue weighted by atomic mass is 32.2. The van der Waals surface area contributed by atoms with Crippen LogP contribution in [0.2, 0.25) is 0 Å². The molecule has 0 atom stereocenters. The van der Waals surface area contributed by atoms with Crippen molar-refractivity contribution in [2.24, 2.45) is 0 Å². The van der Waals surface area contributed by atoms with Crippen LogP contribution in [0.1, 0.15) is 0 Å². The van der Waals surface area contributed by atoms with Crippen LogP contribution in [0.25, 0.3) is 0 Å². The lowest BCUT2D eigenvalue weighted by Crippen LogP contribution is -2.33. The van der Waals surface area contributed by atoms with Gasteiger partial charge in [0.1, 0.15) is 19.5 Å². The van der Waals surface area contributed by atoms with Crippen LogP contribution in [0.3, 0.4) is 0 Å². The lowest BCUT2D eigenvalue weighted by Gasteiger charge is -2.30. The first-order chi connectivity index (χ1) is 12.7. The predicted molar refractivity (Wildman–Crippen MR) is 95.1 cm³/mol. The summed E-state index contributed by atoms with van der Waals surface area (Å²) in [6.45, 7) is 0.264. The van der Waals surface area contributed by atoms with Crippen LogP contribution in [0.4, 0.5) is 11.4 Å². The molecule has 2 aliphatic rings. The third kappa shape index (κ3) is 3.13. The molecule has 0 N–H and O–H groups in total. The molecule has 2 aromatic rings. The van der Waals surface area contributed by atoms with Crippen LogP contribution in [0, 0.1) is 0 Å². The first-order valence-corrected chi connectivity index (χ1v) is 8.86. The number of esters is 1. The summed E-state index contributed by atoms with van der Waals surface area (Å²) in [5.41, 5.74) is 1.54. The van der Waals surface area contributed by atoms with E-state index < -0.39 is 12.6 Å². The number of fused-ring (bicyclic) bond motifs is 2. The number of nitrogens with zero attached hydrogens (tertiary/aromatic N) is 1. The molecule has 0 spiro atoms. The van der Waals surface area contributed by atoms with E-state index in [0.717, 1.165) is 21.2 Å². The second kappa shape index (κ2) is 7.13. The van der Waals surface area contributed by atoms with E-state index in [2.05, 4.69) is 0 Å². The number of para-hydroxylation sites is 2. The fraction of sp³-hybridized carbons (Fsp3) is 0.158. The first kappa shape index (κ1) is 16.5. The van der Waals surface area contributed by atoms with E-state index >= 15 is 0 Å². The molecule has 0 fully saturated rings. The molecule has 0 unspecified atom stereocenters. The van der Waals surface area contributed by atoms with Gasteiger partial charge in [-0.25, -0.2) is 4.79 Å². The van der Waals surface area contributed by atoms with Gasteiger partial charge in [-0.05, 0) is 24.3 Å². The van der Waals surface area contributed by atoms with Crippen molar-refractivity contribution in [1.82, 2.24) is 0 Å². The maximum absolute atomic E-state index is 12.9. The minimum Gasteiger partial charge on any atom is -0.493 e. The smallest absolute Gasteiger partial charge is 0.377 e. The van der Waals surface area contributed by atoms with E-state index in [4.69, 9.17) is 14.2 Å². The number of anilines is 2. The Labute approximate surface area is 154 Å². The molecular weight excluding hydrogens is 354 g/mol. The van der Waals surface area contributed by atoms with Gasteiger partial charge in [0.15, 0.2) is 6.61 Å². The molecule has 0 radical (unpaired) electrons. The van der Waals surface area contributed by atoms with Gasteiger partial charge in [-0.2, -0.15) is 0 Å². The van der Waals surface area contributed by atoms with Crippen LogP contribution < -0.4 is 4.90 Å². The highest BCUT2D eigenvalue weighted by Crippen LogP contribution is 2.47. The Morgan fingerprint density at radius 2 is 1.65 bits per heavy atom. The number of carbonyl (C=O) groups excluding carboxylic acids is 2. The van der Waals surface area contributed by atoms with Crippen molar-refractivity contribution in [3.63, 3.8) is 0 Å². The summed E-state index contributed by atoms with van der Waals surface area (Å²) in [6, 6.07) is 15.3. The number of amides is 1. The molecule has 7 heteroatoms. The zero-order valence-electron chi connectivity index (χ0n) is 13.7. The molecule has 2 aromatic carbocycles. The quantitative estimate of drug-likeness (QED) is 0.774. The summed E-state index contributed by atoms with van der Waals surface area (Å²) in [4.78, 5) is 28.4. The summed E-state index contributed by atoms with van der Waals surface area (Å²) in [5, 5.41) is 0. The number of hydrogen-bond donors (Lipinski definition) is 0. The summed E-state index contributed by atoms with van der Waals surface area (Å²) < 4.78 is 15.3. The lowest BCUT2D eigenvalue weighted by molar-refractivity contribution is -0.148. The number of hydrogen-bond acceptors (Lipinski definition) is 6. The van der Waals surface area contributed by atoms with Gasteiger partial charge in [0.05, 0.1) is 11.4 Å². The molecule has 0 bridgehead atoms. The number of carbonyl (C=O) groups is 2. The van der Waals surface area contributed by atoms with Crippen molar-refractivity contribution in [1.29, 1.82) is 0 Å². The fourth-order valence-corrected chi connectivity index (χ4v) is 3.77. The van der Waals surface area contributed by atoms with Gasteiger partial charge >= 0.3 is 5.97 Å². The number of ether oxygens (including phenoxy) is 3. The van der Waals surface area contributed by atoms with Crippen molar-refractivity contribution in [2.75, 3.05) is 24.7 Å². The van der Waals surface area contributed by atoms with E-state index in [1.54, 1.807) is 16.7 Å². The molecule has 0 saturated carbocycles. The lowest BCUT2D eigenvalue weighted by atomic mass is 10.2. The van der Waals surface area contributed by atoms with Crippen molar-refractivity contribution in [3.8, 4) is 0 Å². The SMILES string of the molecule is O=C(OCC(=O)N1c2ccccc2Sc2ccccc21)C1=COCCO1. The maximum Gasteiger partial charge on any atom is 0.377 e. The van der Waals surface area contributed by atoms with Crippen molar-refractivity contribution < 1.29 is 23.8 Å². The minimum absolute atomic E-state index is 0.0287. The highest BCUT2D eigenvalue weighted by molar-refractivity contribution is 7.99. The fourth-order valence-electron chi connectivity index (χ4n) is 2.71. The van der Waals surface area contributed by atoms with Crippen LogP contribution in [-0.4, -0.2) is 31.7 Å². The number of benzene rings is 2. The average Bonchev–Trinajstić information content (AvgIpc) is 2.70. The Bertz CT molecular complexity index is 850. The maximum atomic E-state index is 12.9. The van der Waals surface area contributed by atoms with Gasteiger partial charge in [-0.1, -0.05) is 36.0 Å². The van der Waals surface area contributed by atoms with Gasteiger partial charge in [-0.3, -0.25) is 9.69 Å². The van der Waals surface area contributed by atoms with Gasteiger partial charge in [0.25, 0.3) is 5.91 Å². The summed E-state index contributed by atoms with van der Waals surface area (Å²) >= 11 is 1.60. The minimum atomic E-state index is -0.717. The topological polar surface area (TPSA) is 65.1 Å². The Hall–Kier alpha value is -2.93. The molecule has 26 heavy (non-hydrogen) atoms. The standard InChI is InChI=1S/C19H15NO5S/c21-18(12-25-19(22)15-11-23-9-10-24-15)20-13-5-1-3-7-16(13)26-17-8-4-2-6-14(17)20/h1-8,11H,9-10,12H2. The molecule has 6 nitrogen and oxygen atoms in total. The van der Waals surface area contributed by atoms with E-state index in [0.29, 0.717) is 6.61 Å². The van der Waals surface area contributed by atoms with E-state index in [-0.39, 0.29) is 18.3 Å². The van der Waals surface area contributed by atoms with Crippen molar-refractivity contribution in [2.45, 2.75) is 9.79 Å². The molecule has 2 heterocycles. The molecule has 132 valence electrons. The predicted octanol–water partition coefficient (Wildman–Crippen LogP) is 3.25. The van der Waals surface area contributed by atoms with E-state index in [1.807, 2.05) is 48.5 Å². The zero-order valence-corrected chi connectivity index (χ0v) is 14.5. The van der Waals surface area contributed by atoms with E-state index in [1.165, 1.54) is 6.26 Å². The number of rotatable bonds is 3. The van der Waals surface area contributed by atoms with Gasteiger partial charge < -0.3 is 14.2 Å². The Kier molecular flexibility index (Phi) is 4.53. The van der Waals surface area contributed by atoms with Crippen LogP contribution in [0.15, 0.2) is 70.3 Å². The molecule has 0 saturated heterocycles. The zero-order chi connectivity index (χ0) is 17.9. The van der Waals surface area contributed by atoms with Crippen molar-refractivity contribution in [3.05, 3.63) is 60.6 Å². The highest BCUT2D eigenvalue weighted by Gasteiger charge is 2.29. The molecule has 0 aliphatic carbocycles. The molecular formula is C19H15NO5S. The molecule has 4 rings (SSSR count). The molecule has 2 aliphatic heterocycles. The summed E-state index contributed by atoms with van der Waals surface area (Å²) in [5.74, 6) is -1.08. The normalized spacial score (nSPS) is 14.9. The molecule has 0 aromatic heterocycles. The van der Waals surface area contributed by atoms with Crippen molar-refractivity contribution >= 4 is 35.0 Å². The van der Waals surface area contributed by atoms with Crippen LogP contribution in [-0.2, 0) is 23.8 Å². The monoisotopic (exact) mass is 369 g/mol. The summed E-state index contributed by atoms with van der Waals surface area (Å²) in [7, 11) is 0. The second-order valence-electron chi connectivity index (χ2n) is 5.54. The third-order valence-electron chi connectivity index (χ3n) is 3.86. The summed E-state index contributed by atoms with van der Waals surface area (Å²) in [6.07, 6.45) is 1.21. The largest absolute Gasteiger partial charge is 0.493 e. The Morgan fingerprint density at radius 1 is 1.00 bits per heavy atom. The Morgan fingerprint density at radius 3 is 2.27 bits per heavy atom. The van der Waals surface area contributed by atoms with Crippen LogP contribution >= 0.6 is 11.8 Å². The van der Waals surface area contributed by atoms with Gasteiger partial charge in [-0.15, -0.1) is 0 Å². The van der Waals surface area contributed by atoms with Gasteiger partial charge in [0, 0.05) is 9.79 Å². The van der Waals surface area contributed by atoms with E-state index in [9.17, 15) is 9.59 Å². The first-order valence-electron chi connectivity index (χ1n) is 8.04. The van der Waals surface area contributed by atoms with Crippen LogP contribution in [0.5, 0.6) is 0 Å². The Balaban J connectivity index is 1.56. The molecule has 1 amide bonds. The third-order valence-corrected chi connectivity index (χ3v) is 4.99. The second-order valence-corrected chi connectivity index (χ2v) is 6.63.